The maximum atomic E-state index is 12.5. The van der Waals surface area contributed by atoms with Gasteiger partial charge < -0.3 is 20.1 Å². The van der Waals surface area contributed by atoms with E-state index in [1.807, 2.05) is 24.3 Å². The van der Waals surface area contributed by atoms with Gasteiger partial charge in [0.1, 0.15) is 6.61 Å². The number of carbonyl (C=O) groups excluding carboxylic acids is 2. The van der Waals surface area contributed by atoms with Crippen LogP contribution >= 0.6 is 0 Å². The molecular weight excluding hydrogens is 420 g/mol. The zero-order valence-corrected chi connectivity index (χ0v) is 18.6. The number of carboxylic acids is 1. The maximum absolute atomic E-state index is 12.5. The molecule has 1 heterocycles. The number of aliphatic carboxylic acids is 1. The lowest BCUT2D eigenvalue weighted by molar-refractivity contribution is -0.151. The van der Waals surface area contributed by atoms with Gasteiger partial charge in [0.2, 0.25) is 5.91 Å². The Labute approximate surface area is 192 Å². The fraction of sp³-hybridized carbons (Fsp3) is 0.423. The van der Waals surface area contributed by atoms with E-state index in [0.29, 0.717) is 19.6 Å². The first kappa shape index (κ1) is 21.5. The van der Waals surface area contributed by atoms with Crippen LogP contribution in [0.3, 0.4) is 0 Å². The van der Waals surface area contributed by atoms with Crippen molar-refractivity contribution in [3.63, 3.8) is 0 Å². The molecule has 2 N–H and O–H groups in total. The first-order valence-corrected chi connectivity index (χ1v) is 11.5. The Morgan fingerprint density at radius 1 is 1.06 bits per heavy atom. The van der Waals surface area contributed by atoms with Crippen LogP contribution in [0.25, 0.3) is 11.1 Å². The van der Waals surface area contributed by atoms with Crippen molar-refractivity contribution in [1.29, 1.82) is 0 Å². The van der Waals surface area contributed by atoms with Crippen molar-refractivity contribution >= 4 is 18.0 Å². The quantitative estimate of drug-likeness (QED) is 0.677. The van der Waals surface area contributed by atoms with Gasteiger partial charge in [-0.25, -0.2) is 4.79 Å². The number of nitrogens with zero attached hydrogens (tertiary/aromatic N) is 1. The van der Waals surface area contributed by atoms with Crippen LogP contribution in [0, 0.1) is 23.7 Å². The minimum absolute atomic E-state index is 0.0194. The number of carboxylic acid groups (broad SMARTS) is 1. The minimum Gasteiger partial charge on any atom is -0.481 e. The predicted molar refractivity (Wildman–Crippen MR) is 122 cm³/mol. The predicted octanol–water partition coefficient (Wildman–Crippen LogP) is 3.34. The van der Waals surface area contributed by atoms with Gasteiger partial charge in [-0.2, -0.15) is 0 Å². The normalized spacial score (nSPS) is 22.0. The van der Waals surface area contributed by atoms with Crippen molar-refractivity contribution in [2.24, 2.45) is 23.7 Å². The molecule has 0 aromatic heterocycles. The lowest BCUT2D eigenvalue weighted by Crippen LogP contribution is -2.54. The summed E-state index contributed by atoms with van der Waals surface area (Å²) in [6.45, 7) is 3.39. The van der Waals surface area contributed by atoms with Crippen LogP contribution in [0.5, 0.6) is 0 Å². The fourth-order valence-electron chi connectivity index (χ4n) is 5.08. The summed E-state index contributed by atoms with van der Waals surface area (Å²) < 4.78 is 5.56. The molecule has 1 saturated carbocycles. The Balaban J connectivity index is 1.07. The smallest absolute Gasteiger partial charge is 0.407 e. The molecule has 1 aliphatic heterocycles. The van der Waals surface area contributed by atoms with Crippen molar-refractivity contribution in [1.82, 2.24) is 10.2 Å². The molecule has 2 aromatic rings. The highest BCUT2D eigenvalue weighted by atomic mass is 16.5. The topological polar surface area (TPSA) is 95.9 Å². The number of rotatable bonds is 7. The molecule has 172 valence electrons. The van der Waals surface area contributed by atoms with E-state index in [-0.39, 0.29) is 36.2 Å². The third-order valence-corrected chi connectivity index (χ3v) is 7.41. The number of carbonyl (C=O) groups is 3. The second-order valence-corrected chi connectivity index (χ2v) is 9.44. The van der Waals surface area contributed by atoms with Gasteiger partial charge >= 0.3 is 12.1 Å². The Morgan fingerprint density at radius 3 is 2.27 bits per heavy atom. The van der Waals surface area contributed by atoms with Crippen LogP contribution in [0.15, 0.2) is 48.5 Å². The molecule has 0 radical (unpaired) electrons. The first-order chi connectivity index (χ1) is 15.9. The van der Waals surface area contributed by atoms with Crippen molar-refractivity contribution < 1.29 is 24.2 Å². The fourth-order valence-corrected chi connectivity index (χ4v) is 5.08. The molecule has 0 spiro atoms. The highest BCUT2D eigenvalue weighted by Crippen LogP contribution is 2.44. The number of hydrogen-bond donors (Lipinski definition) is 2. The van der Waals surface area contributed by atoms with Gasteiger partial charge in [-0.3, -0.25) is 9.59 Å². The number of alkyl carbamates (subject to hydrolysis) is 1. The van der Waals surface area contributed by atoms with E-state index in [1.54, 1.807) is 11.8 Å². The molecule has 3 atom stereocenters. The van der Waals surface area contributed by atoms with Crippen molar-refractivity contribution in [3.05, 3.63) is 59.7 Å². The van der Waals surface area contributed by atoms with E-state index >= 15 is 0 Å². The van der Waals surface area contributed by atoms with Gasteiger partial charge in [-0.1, -0.05) is 55.5 Å². The molecule has 0 bridgehead atoms. The zero-order chi connectivity index (χ0) is 23.1. The summed E-state index contributed by atoms with van der Waals surface area (Å²) in [5.74, 6) is -1.09. The summed E-state index contributed by atoms with van der Waals surface area (Å²) >= 11 is 0. The molecule has 7 heteroatoms. The van der Waals surface area contributed by atoms with Crippen LogP contribution in [-0.4, -0.2) is 54.2 Å². The number of likely N-dealkylation sites (tertiary alicyclic amines) is 1. The lowest BCUT2D eigenvalue weighted by Gasteiger charge is -2.41. The summed E-state index contributed by atoms with van der Waals surface area (Å²) in [6, 6.07) is 16.4. The van der Waals surface area contributed by atoms with Gasteiger partial charge in [0.25, 0.3) is 0 Å². The number of ether oxygens (including phenoxy) is 1. The molecule has 33 heavy (non-hydrogen) atoms. The molecule has 2 aliphatic carbocycles. The van der Waals surface area contributed by atoms with Crippen molar-refractivity contribution in [3.8, 4) is 11.1 Å². The molecule has 2 amide bonds. The van der Waals surface area contributed by atoms with Gasteiger partial charge in [-0.15, -0.1) is 0 Å². The second kappa shape index (κ2) is 8.54. The van der Waals surface area contributed by atoms with Crippen LogP contribution in [0.1, 0.15) is 30.4 Å². The average Bonchev–Trinajstić information content (AvgIpc) is 3.50. The van der Waals surface area contributed by atoms with E-state index in [2.05, 4.69) is 29.6 Å². The van der Waals surface area contributed by atoms with Crippen molar-refractivity contribution in [2.75, 3.05) is 26.2 Å². The standard InChI is InChI=1S/C26H28N2O5/c1-15(25(30)31)17-12-28(13-17)24(29)22-10-16(22)11-27-26(32)33-14-23-20-8-4-2-6-18(20)19-7-3-5-9-21(19)23/h2-9,15-17,22-23H,10-14H2,1H3,(H,27,32)(H,30,31)/t15?,16-,22-/m0/s1. The molecule has 2 aromatic carbocycles. The number of amides is 2. The molecular formula is C26H28N2O5. The van der Waals surface area contributed by atoms with Crippen molar-refractivity contribution in [2.45, 2.75) is 19.3 Å². The Bertz CT molecular complexity index is 1050. The number of fused-ring (bicyclic) bond motifs is 3. The summed E-state index contributed by atoms with van der Waals surface area (Å²) in [5, 5.41) is 11.9. The van der Waals surface area contributed by atoms with E-state index in [4.69, 9.17) is 9.84 Å². The average molecular weight is 449 g/mol. The Hall–Kier alpha value is -3.35. The van der Waals surface area contributed by atoms with E-state index in [0.717, 1.165) is 6.42 Å². The monoisotopic (exact) mass is 448 g/mol. The third-order valence-electron chi connectivity index (χ3n) is 7.41. The summed E-state index contributed by atoms with van der Waals surface area (Å²) in [7, 11) is 0. The molecule has 3 aliphatic rings. The van der Waals surface area contributed by atoms with E-state index in [9.17, 15) is 14.4 Å². The lowest BCUT2D eigenvalue weighted by atomic mass is 9.87. The molecule has 1 unspecified atom stereocenters. The largest absolute Gasteiger partial charge is 0.481 e. The first-order valence-electron chi connectivity index (χ1n) is 11.5. The molecule has 2 fully saturated rings. The van der Waals surface area contributed by atoms with Crippen LogP contribution in [0.2, 0.25) is 0 Å². The Morgan fingerprint density at radius 2 is 1.67 bits per heavy atom. The van der Waals surface area contributed by atoms with E-state index < -0.39 is 18.0 Å². The minimum atomic E-state index is -0.816. The number of hydrogen-bond acceptors (Lipinski definition) is 4. The highest BCUT2D eigenvalue weighted by molar-refractivity contribution is 5.83. The molecule has 5 rings (SSSR count). The number of nitrogens with one attached hydrogen (secondary N) is 1. The van der Waals surface area contributed by atoms with Crippen LogP contribution in [0.4, 0.5) is 4.79 Å². The van der Waals surface area contributed by atoms with Crippen LogP contribution in [-0.2, 0) is 14.3 Å². The summed E-state index contributed by atoms with van der Waals surface area (Å²) in [4.78, 5) is 37.7. The number of benzene rings is 2. The van der Waals surface area contributed by atoms with Gasteiger partial charge in [0, 0.05) is 37.4 Å². The maximum Gasteiger partial charge on any atom is 0.407 e. The van der Waals surface area contributed by atoms with Crippen LogP contribution < -0.4 is 5.32 Å². The molecule has 1 saturated heterocycles. The second-order valence-electron chi connectivity index (χ2n) is 9.44. The van der Waals surface area contributed by atoms with Gasteiger partial charge in [0.05, 0.1) is 5.92 Å². The van der Waals surface area contributed by atoms with Gasteiger partial charge in [0.15, 0.2) is 0 Å². The zero-order valence-electron chi connectivity index (χ0n) is 18.6. The summed E-state index contributed by atoms with van der Waals surface area (Å²) in [6.07, 6.45) is 0.285. The Kier molecular flexibility index (Phi) is 5.56. The third kappa shape index (κ3) is 4.08. The van der Waals surface area contributed by atoms with E-state index in [1.165, 1.54) is 22.3 Å². The summed E-state index contributed by atoms with van der Waals surface area (Å²) in [5.41, 5.74) is 4.72. The highest BCUT2D eigenvalue weighted by Gasteiger charge is 2.48. The SMILES string of the molecule is CC(C(=O)O)C1CN(C(=O)[C@H]2C[C@H]2CNC(=O)OCC2c3ccccc3-c3ccccc32)C1. The van der Waals surface area contributed by atoms with Gasteiger partial charge in [-0.05, 0) is 34.6 Å². The molecule has 7 nitrogen and oxygen atoms in total.